The molecule has 0 radical (unpaired) electrons. The molecule has 0 unspecified atom stereocenters. The Kier molecular flexibility index (Phi) is 3.45. The first-order valence-electron chi connectivity index (χ1n) is 5.53. The second-order valence-corrected chi connectivity index (χ2v) is 4.14. The van der Waals surface area contributed by atoms with Crippen molar-refractivity contribution in [1.82, 2.24) is 0 Å². The fraction of sp³-hybridized carbons (Fsp3) is 0.417. The zero-order valence-electron chi connectivity index (χ0n) is 9.87. The van der Waals surface area contributed by atoms with Crippen LogP contribution in [0.5, 0.6) is 11.5 Å². The van der Waals surface area contributed by atoms with Crippen molar-refractivity contribution in [2.75, 3.05) is 20.3 Å². The van der Waals surface area contributed by atoms with Gasteiger partial charge >= 0.3 is 0 Å². The molecule has 1 aromatic rings. The number of aldehydes is 1. The van der Waals surface area contributed by atoms with E-state index < -0.39 is 16.8 Å². The van der Waals surface area contributed by atoms with Crippen LogP contribution < -0.4 is 9.47 Å². The quantitative estimate of drug-likeness (QED) is 0.457. The van der Waals surface area contributed by atoms with E-state index in [2.05, 4.69) is 0 Å². The summed E-state index contributed by atoms with van der Waals surface area (Å²) in [5.41, 5.74) is 0.661. The number of carbonyl (C=O) groups excluding carboxylic acids is 1. The van der Waals surface area contributed by atoms with Gasteiger partial charge in [0.25, 0.3) is 0 Å². The van der Waals surface area contributed by atoms with E-state index in [0.29, 0.717) is 17.1 Å². The lowest BCUT2D eigenvalue weighted by Gasteiger charge is -2.28. The summed E-state index contributed by atoms with van der Waals surface area (Å²) < 4.78 is 10.5. The van der Waals surface area contributed by atoms with Gasteiger partial charge in [-0.1, -0.05) is 0 Å². The molecule has 1 aromatic carbocycles. The molecule has 96 valence electrons. The lowest BCUT2D eigenvalue weighted by Crippen LogP contribution is -2.31. The standard InChI is InChI=1S/C12H13NO5/c1-17-9-2-3-12-10(4-9)11(5-13(15)16)8(6-14)7-18-12/h2-4,6,8,11H,5,7H2,1H3/t8-,11+/m0/s1. The van der Waals surface area contributed by atoms with E-state index in [0.717, 1.165) is 6.29 Å². The lowest BCUT2D eigenvalue weighted by atomic mass is 9.85. The first-order chi connectivity index (χ1) is 8.65. The van der Waals surface area contributed by atoms with Crippen molar-refractivity contribution < 1.29 is 19.2 Å². The van der Waals surface area contributed by atoms with Gasteiger partial charge in [-0.05, 0) is 18.2 Å². The van der Waals surface area contributed by atoms with Gasteiger partial charge in [0.1, 0.15) is 17.8 Å². The smallest absolute Gasteiger partial charge is 0.211 e. The Morgan fingerprint density at radius 2 is 2.39 bits per heavy atom. The molecule has 6 heteroatoms. The van der Waals surface area contributed by atoms with Gasteiger partial charge < -0.3 is 14.3 Å². The molecule has 0 fully saturated rings. The molecule has 1 aliphatic heterocycles. The second-order valence-electron chi connectivity index (χ2n) is 4.14. The maximum atomic E-state index is 11.0. The zero-order chi connectivity index (χ0) is 13.1. The summed E-state index contributed by atoms with van der Waals surface area (Å²) in [7, 11) is 1.52. The second kappa shape index (κ2) is 5.03. The molecular weight excluding hydrogens is 238 g/mol. The zero-order valence-corrected chi connectivity index (χ0v) is 9.87. The maximum absolute atomic E-state index is 11.0. The van der Waals surface area contributed by atoms with Gasteiger partial charge in [-0.3, -0.25) is 10.1 Å². The summed E-state index contributed by atoms with van der Waals surface area (Å²) in [4.78, 5) is 21.3. The van der Waals surface area contributed by atoms with E-state index in [1.54, 1.807) is 18.2 Å². The van der Waals surface area contributed by atoms with Crippen LogP contribution in [0.25, 0.3) is 0 Å². The number of fused-ring (bicyclic) bond motifs is 1. The van der Waals surface area contributed by atoms with Crippen molar-refractivity contribution >= 4 is 6.29 Å². The fourth-order valence-corrected chi connectivity index (χ4v) is 2.14. The van der Waals surface area contributed by atoms with Crippen molar-refractivity contribution in [3.8, 4) is 11.5 Å². The van der Waals surface area contributed by atoms with E-state index in [9.17, 15) is 14.9 Å². The molecule has 2 rings (SSSR count). The molecule has 0 amide bonds. The van der Waals surface area contributed by atoms with Crippen LogP contribution in [0.2, 0.25) is 0 Å². The van der Waals surface area contributed by atoms with Crippen LogP contribution in [-0.2, 0) is 4.79 Å². The van der Waals surface area contributed by atoms with Crippen LogP contribution in [0.3, 0.4) is 0 Å². The summed E-state index contributed by atoms with van der Waals surface area (Å²) in [6, 6.07) is 5.13. The van der Waals surface area contributed by atoms with E-state index in [-0.39, 0.29) is 13.2 Å². The van der Waals surface area contributed by atoms with Crippen LogP contribution in [-0.4, -0.2) is 31.5 Å². The Labute approximate surface area is 104 Å². The van der Waals surface area contributed by atoms with Gasteiger partial charge in [-0.2, -0.15) is 0 Å². The minimum atomic E-state index is -0.491. The Hall–Kier alpha value is -2.11. The summed E-state index contributed by atoms with van der Waals surface area (Å²) in [6.07, 6.45) is 0.719. The van der Waals surface area contributed by atoms with Crippen LogP contribution in [0.15, 0.2) is 18.2 Å². The minimum Gasteiger partial charge on any atom is -0.497 e. The number of hydrogen-bond acceptors (Lipinski definition) is 5. The van der Waals surface area contributed by atoms with Crippen molar-refractivity contribution in [1.29, 1.82) is 0 Å². The number of methoxy groups -OCH3 is 1. The Balaban J connectivity index is 2.41. The molecule has 0 bridgehead atoms. The highest BCUT2D eigenvalue weighted by Crippen LogP contribution is 2.38. The number of nitro groups is 1. The summed E-state index contributed by atoms with van der Waals surface area (Å²) >= 11 is 0. The monoisotopic (exact) mass is 251 g/mol. The number of rotatable bonds is 4. The number of carbonyl (C=O) groups is 1. The predicted octanol–water partition coefficient (Wildman–Crippen LogP) is 1.26. The molecule has 0 saturated carbocycles. The first kappa shape index (κ1) is 12.3. The van der Waals surface area contributed by atoms with Gasteiger partial charge in [0.05, 0.1) is 25.6 Å². The van der Waals surface area contributed by atoms with Crippen molar-refractivity contribution in [3.05, 3.63) is 33.9 Å². The maximum Gasteiger partial charge on any atom is 0.211 e. The van der Waals surface area contributed by atoms with E-state index in [1.165, 1.54) is 7.11 Å². The fourth-order valence-electron chi connectivity index (χ4n) is 2.14. The van der Waals surface area contributed by atoms with E-state index in [4.69, 9.17) is 9.47 Å². The van der Waals surface area contributed by atoms with Gasteiger partial charge in [0, 0.05) is 10.5 Å². The van der Waals surface area contributed by atoms with Crippen molar-refractivity contribution in [2.45, 2.75) is 5.92 Å². The lowest BCUT2D eigenvalue weighted by molar-refractivity contribution is -0.484. The largest absolute Gasteiger partial charge is 0.497 e. The molecular formula is C12H13NO5. The SMILES string of the molecule is COc1ccc2c(c1)[C@H](C[N+](=O)[O-])[C@@H](C=O)CO2. The summed E-state index contributed by atoms with van der Waals surface area (Å²) in [5, 5.41) is 10.7. The van der Waals surface area contributed by atoms with Gasteiger partial charge in [0.2, 0.25) is 6.54 Å². The third-order valence-corrected chi connectivity index (χ3v) is 3.09. The van der Waals surface area contributed by atoms with Crippen LogP contribution in [0, 0.1) is 16.0 Å². The first-order valence-corrected chi connectivity index (χ1v) is 5.53. The molecule has 0 aliphatic carbocycles. The average molecular weight is 251 g/mol. The number of benzene rings is 1. The Morgan fingerprint density at radius 3 is 3.00 bits per heavy atom. The van der Waals surface area contributed by atoms with Crippen LogP contribution in [0.1, 0.15) is 11.5 Å². The van der Waals surface area contributed by atoms with Gasteiger partial charge in [-0.25, -0.2) is 0 Å². The number of nitrogens with zero attached hydrogens (tertiary/aromatic N) is 1. The third-order valence-electron chi connectivity index (χ3n) is 3.09. The van der Waals surface area contributed by atoms with E-state index >= 15 is 0 Å². The van der Waals surface area contributed by atoms with Crippen molar-refractivity contribution in [2.24, 2.45) is 5.92 Å². The predicted molar refractivity (Wildman–Crippen MR) is 62.6 cm³/mol. The molecule has 0 spiro atoms. The average Bonchev–Trinajstić information content (AvgIpc) is 2.38. The molecule has 1 aliphatic rings. The molecule has 0 saturated heterocycles. The van der Waals surface area contributed by atoms with Gasteiger partial charge in [0.15, 0.2) is 0 Å². The van der Waals surface area contributed by atoms with Crippen molar-refractivity contribution in [3.63, 3.8) is 0 Å². The van der Waals surface area contributed by atoms with Gasteiger partial charge in [-0.15, -0.1) is 0 Å². The molecule has 2 atom stereocenters. The summed E-state index contributed by atoms with van der Waals surface area (Å²) in [6.45, 7) is -0.103. The topological polar surface area (TPSA) is 78.7 Å². The molecule has 0 aromatic heterocycles. The minimum absolute atomic E-state index is 0.182. The normalized spacial score (nSPS) is 21.6. The number of ether oxygens (including phenoxy) is 2. The highest BCUT2D eigenvalue weighted by Gasteiger charge is 2.34. The summed E-state index contributed by atoms with van der Waals surface area (Å²) in [5.74, 6) is 0.226. The molecule has 0 N–H and O–H groups in total. The van der Waals surface area contributed by atoms with Crippen LogP contribution in [0.4, 0.5) is 0 Å². The van der Waals surface area contributed by atoms with Crippen LogP contribution >= 0.6 is 0 Å². The third kappa shape index (κ3) is 2.27. The molecule has 18 heavy (non-hydrogen) atoms. The number of hydrogen-bond donors (Lipinski definition) is 0. The molecule has 1 heterocycles. The Morgan fingerprint density at radius 1 is 1.61 bits per heavy atom. The molecule has 6 nitrogen and oxygen atoms in total. The highest BCUT2D eigenvalue weighted by atomic mass is 16.6. The Bertz CT molecular complexity index is 474. The van der Waals surface area contributed by atoms with E-state index in [1.807, 2.05) is 0 Å². The highest BCUT2D eigenvalue weighted by molar-refractivity contribution is 5.59.